The van der Waals surface area contributed by atoms with E-state index in [1.165, 1.54) is 16.8 Å². The third kappa shape index (κ3) is 3.65. The standard InChI is InChI=1S/C21H23N5O3/c1-24(2)15-6-4-13(5-7-15)12-25(3)20(28)14-10-17-18(22-11-14)26(16-8-9-16)21(29)23-19(17)27/h4-7,10-11,16H,8-9,12H2,1-3H3,(H,23,27,29). The van der Waals surface area contributed by atoms with Gasteiger partial charge in [0.05, 0.1) is 10.9 Å². The molecule has 1 aromatic carbocycles. The Morgan fingerprint density at radius 2 is 1.86 bits per heavy atom. The van der Waals surface area contributed by atoms with Gasteiger partial charge in [-0.2, -0.15) is 0 Å². The Bertz CT molecular complexity index is 1190. The Hall–Kier alpha value is -3.42. The number of carbonyl (C=O) groups excluding carboxylic acids is 1. The van der Waals surface area contributed by atoms with Crippen LogP contribution in [0.1, 0.15) is 34.8 Å². The summed E-state index contributed by atoms with van der Waals surface area (Å²) in [4.78, 5) is 47.5. The van der Waals surface area contributed by atoms with Gasteiger partial charge >= 0.3 is 5.69 Å². The first kappa shape index (κ1) is 18.9. The molecule has 2 heterocycles. The molecular formula is C21H23N5O3. The molecule has 1 aliphatic rings. The second-order valence-electron chi connectivity index (χ2n) is 7.68. The van der Waals surface area contributed by atoms with Gasteiger partial charge in [-0.1, -0.05) is 12.1 Å². The van der Waals surface area contributed by atoms with Gasteiger partial charge in [0.15, 0.2) is 0 Å². The number of nitrogens with one attached hydrogen (secondary N) is 1. The summed E-state index contributed by atoms with van der Waals surface area (Å²) in [5.41, 5.74) is 1.76. The van der Waals surface area contributed by atoms with Crippen molar-refractivity contribution < 1.29 is 4.79 Å². The van der Waals surface area contributed by atoms with Crippen LogP contribution in [0.4, 0.5) is 5.69 Å². The first-order chi connectivity index (χ1) is 13.8. The van der Waals surface area contributed by atoms with Gasteiger partial charge in [-0.25, -0.2) is 9.78 Å². The van der Waals surface area contributed by atoms with Crippen LogP contribution in [0, 0.1) is 0 Å². The third-order valence-corrected chi connectivity index (χ3v) is 5.16. The quantitative estimate of drug-likeness (QED) is 0.713. The number of pyridine rings is 1. The van der Waals surface area contributed by atoms with E-state index >= 15 is 0 Å². The molecule has 1 N–H and O–H groups in total. The van der Waals surface area contributed by atoms with Crippen molar-refractivity contribution in [2.24, 2.45) is 0 Å². The van der Waals surface area contributed by atoms with Gasteiger partial charge in [-0.15, -0.1) is 0 Å². The fourth-order valence-electron chi connectivity index (χ4n) is 3.39. The molecule has 0 atom stereocenters. The molecule has 0 aliphatic heterocycles. The second-order valence-corrected chi connectivity index (χ2v) is 7.68. The first-order valence-corrected chi connectivity index (χ1v) is 9.51. The van der Waals surface area contributed by atoms with Crippen molar-refractivity contribution in [3.8, 4) is 0 Å². The van der Waals surface area contributed by atoms with Crippen LogP contribution in [-0.2, 0) is 6.54 Å². The number of nitrogens with zero attached hydrogens (tertiary/aromatic N) is 4. The Morgan fingerprint density at radius 3 is 2.48 bits per heavy atom. The van der Waals surface area contributed by atoms with Crippen molar-refractivity contribution in [1.82, 2.24) is 19.4 Å². The minimum Gasteiger partial charge on any atom is -0.378 e. The van der Waals surface area contributed by atoms with Crippen LogP contribution in [0.15, 0.2) is 46.1 Å². The van der Waals surface area contributed by atoms with Crippen LogP contribution >= 0.6 is 0 Å². The molecule has 8 nitrogen and oxygen atoms in total. The van der Waals surface area contributed by atoms with Crippen LogP contribution in [0.3, 0.4) is 0 Å². The molecule has 150 valence electrons. The third-order valence-electron chi connectivity index (χ3n) is 5.16. The highest BCUT2D eigenvalue weighted by Gasteiger charge is 2.28. The minimum absolute atomic E-state index is 0.0729. The van der Waals surface area contributed by atoms with E-state index < -0.39 is 11.2 Å². The van der Waals surface area contributed by atoms with Crippen molar-refractivity contribution in [3.05, 3.63) is 68.5 Å². The number of rotatable bonds is 5. The molecule has 0 spiro atoms. The molecule has 29 heavy (non-hydrogen) atoms. The van der Waals surface area contributed by atoms with Crippen molar-refractivity contribution in [2.75, 3.05) is 26.0 Å². The number of hydrogen-bond donors (Lipinski definition) is 1. The lowest BCUT2D eigenvalue weighted by atomic mass is 10.1. The van der Waals surface area contributed by atoms with E-state index in [1.807, 2.05) is 43.3 Å². The smallest absolute Gasteiger partial charge is 0.330 e. The summed E-state index contributed by atoms with van der Waals surface area (Å²) >= 11 is 0. The maximum atomic E-state index is 12.9. The van der Waals surface area contributed by atoms with Gasteiger partial charge < -0.3 is 9.80 Å². The number of carbonyl (C=O) groups is 1. The molecule has 8 heteroatoms. The summed E-state index contributed by atoms with van der Waals surface area (Å²) in [6, 6.07) is 9.56. The molecule has 1 saturated carbocycles. The molecule has 4 rings (SSSR count). The summed E-state index contributed by atoms with van der Waals surface area (Å²) < 4.78 is 1.51. The molecule has 0 bridgehead atoms. The van der Waals surface area contributed by atoms with E-state index in [0.717, 1.165) is 24.1 Å². The van der Waals surface area contributed by atoms with Gasteiger partial charge in [-0.3, -0.25) is 19.1 Å². The van der Waals surface area contributed by atoms with Gasteiger partial charge in [-0.05, 0) is 36.6 Å². The van der Waals surface area contributed by atoms with Crippen molar-refractivity contribution in [2.45, 2.75) is 25.4 Å². The van der Waals surface area contributed by atoms with Crippen LogP contribution in [0.25, 0.3) is 11.0 Å². The maximum absolute atomic E-state index is 12.9. The minimum atomic E-state index is -0.522. The largest absolute Gasteiger partial charge is 0.378 e. The van der Waals surface area contributed by atoms with E-state index in [4.69, 9.17) is 0 Å². The lowest BCUT2D eigenvalue weighted by Crippen LogP contribution is -2.31. The highest BCUT2D eigenvalue weighted by Crippen LogP contribution is 2.34. The van der Waals surface area contributed by atoms with E-state index in [-0.39, 0.29) is 17.3 Å². The average molecular weight is 393 g/mol. The average Bonchev–Trinajstić information content (AvgIpc) is 3.52. The maximum Gasteiger partial charge on any atom is 0.330 e. The molecule has 0 radical (unpaired) electrons. The van der Waals surface area contributed by atoms with E-state index in [1.54, 1.807) is 11.9 Å². The molecule has 3 aromatic rings. The van der Waals surface area contributed by atoms with Crippen LogP contribution < -0.4 is 16.1 Å². The molecule has 1 aliphatic carbocycles. The van der Waals surface area contributed by atoms with Crippen molar-refractivity contribution >= 4 is 22.6 Å². The Balaban J connectivity index is 1.61. The molecule has 1 fully saturated rings. The number of amides is 1. The summed E-state index contributed by atoms with van der Waals surface area (Å²) in [5, 5.41) is 0.256. The number of benzene rings is 1. The molecule has 0 unspecified atom stereocenters. The van der Waals surface area contributed by atoms with Crippen LogP contribution in [0.2, 0.25) is 0 Å². The zero-order valence-corrected chi connectivity index (χ0v) is 16.7. The monoisotopic (exact) mass is 393 g/mol. The summed E-state index contributed by atoms with van der Waals surface area (Å²) in [6.45, 7) is 0.433. The highest BCUT2D eigenvalue weighted by molar-refractivity contribution is 5.96. The number of hydrogen-bond acceptors (Lipinski definition) is 5. The van der Waals surface area contributed by atoms with Crippen molar-refractivity contribution in [3.63, 3.8) is 0 Å². The van der Waals surface area contributed by atoms with Gasteiger partial charge in [0.1, 0.15) is 5.65 Å². The number of aromatic nitrogens is 3. The molecule has 0 saturated heterocycles. The van der Waals surface area contributed by atoms with E-state index in [9.17, 15) is 14.4 Å². The molecule has 1 amide bonds. The predicted molar refractivity (Wildman–Crippen MR) is 111 cm³/mol. The predicted octanol–water partition coefficient (Wildman–Crippen LogP) is 1.76. The Labute approximate surface area is 167 Å². The summed E-state index contributed by atoms with van der Waals surface area (Å²) in [5.74, 6) is -0.236. The second kappa shape index (κ2) is 7.20. The molecule has 2 aromatic heterocycles. The fourth-order valence-corrected chi connectivity index (χ4v) is 3.39. The van der Waals surface area contributed by atoms with Gasteiger partial charge in [0, 0.05) is 45.6 Å². The normalized spacial score (nSPS) is 13.5. The van der Waals surface area contributed by atoms with E-state index in [0.29, 0.717) is 17.8 Å². The van der Waals surface area contributed by atoms with Gasteiger partial charge in [0.2, 0.25) is 0 Å². The Kier molecular flexibility index (Phi) is 4.70. The number of aromatic amines is 1. The summed E-state index contributed by atoms with van der Waals surface area (Å²) in [7, 11) is 5.66. The van der Waals surface area contributed by atoms with E-state index in [2.05, 4.69) is 9.97 Å². The lowest BCUT2D eigenvalue weighted by Gasteiger charge is -2.19. The molecular weight excluding hydrogens is 370 g/mol. The Morgan fingerprint density at radius 1 is 1.17 bits per heavy atom. The summed E-state index contributed by atoms with van der Waals surface area (Å²) in [6.07, 6.45) is 3.21. The lowest BCUT2D eigenvalue weighted by molar-refractivity contribution is 0.0785. The number of H-pyrrole nitrogens is 1. The van der Waals surface area contributed by atoms with Crippen LogP contribution in [-0.4, -0.2) is 46.5 Å². The fraction of sp³-hybridized carbons (Fsp3) is 0.333. The zero-order valence-electron chi connectivity index (χ0n) is 16.7. The number of anilines is 1. The van der Waals surface area contributed by atoms with Gasteiger partial charge in [0.25, 0.3) is 11.5 Å². The SMILES string of the molecule is CN(Cc1ccc(N(C)C)cc1)C(=O)c1cnc2c(c1)c(=O)[nH]c(=O)n2C1CC1. The highest BCUT2D eigenvalue weighted by atomic mass is 16.2. The first-order valence-electron chi connectivity index (χ1n) is 9.51. The number of fused-ring (bicyclic) bond motifs is 1. The van der Waals surface area contributed by atoms with Crippen molar-refractivity contribution in [1.29, 1.82) is 0 Å². The topological polar surface area (TPSA) is 91.3 Å². The van der Waals surface area contributed by atoms with Crippen LogP contribution in [0.5, 0.6) is 0 Å². The zero-order chi connectivity index (χ0) is 20.7.